The Labute approximate surface area is 166 Å². The first-order valence-electron chi connectivity index (χ1n) is 8.96. The SMILES string of the molecule is O=C(CCc1ccncc1)c1c(-c2ccccc2)c2cc(Cl)ccc2[nH]c1=O. The molecule has 138 valence electrons. The van der Waals surface area contributed by atoms with E-state index in [2.05, 4.69) is 9.97 Å². The lowest BCUT2D eigenvalue weighted by Crippen LogP contribution is -2.20. The number of H-pyrrole nitrogens is 1. The Morgan fingerprint density at radius 3 is 2.50 bits per heavy atom. The van der Waals surface area contributed by atoms with E-state index in [-0.39, 0.29) is 23.3 Å². The second-order valence-electron chi connectivity index (χ2n) is 6.54. The third-order valence-electron chi connectivity index (χ3n) is 4.71. The standard InChI is InChI=1S/C23H17ClN2O2/c24-17-7-8-19-18(14-17)21(16-4-2-1-3-5-16)22(23(28)26-19)20(27)9-6-15-10-12-25-13-11-15/h1-5,7-8,10-14H,6,9H2,(H,26,28). The molecule has 0 aliphatic heterocycles. The number of carbonyl (C=O) groups is 1. The molecule has 4 aromatic rings. The molecule has 0 atom stereocenters. The van der Waals surface area contributed by atoms with E-state index in [0.717, 1.165) is 16.5 Å². The van der Waals surface area contributed by atoms with Crippen molar-refractivity contribution < 1.29 is 4.79 Å². The lowest BCUT2D eigenvalue weighted by Gasteiger charge is -2.13. The van der Waals surface area contributed by atoms with Crippen molar-refractivity contribution >= 4 is 28.3 Å². The van der Waals surface area contributed by atoms with Crippen LogP contribution in [-0.2, 0) is 6.42 Å². The number of carbonyl (C=O) groups excluding carboxylic acids is 1. The van der Waals surface area contributed by atoms with E-state index in [9.17, 15) is 9.59 Å². The van der Waals surface area contributed by atoms with Crippen molar-refractivity contribution in [1.29, 1.82) is 0 Å². The zero-order valence-electron chi connectivity index (χ0n) is 15.0. The van der Waals surface area contributed by atoms with E-state index >= 15 is 0 Å². The Bertz CT molecular complexity index is 1200. The Hall–Kier alpha value is -3.24. The fraction of sp³-hybridized carbons (Fsp3) is 0.0870. The highest BCUT2D eigenvalue weighted by atomic mass is 35.5. The average Bonchev–Trinajstić information content (AvgIpc) is 2.73. The van der Waals surface area contributed by atoms with Gasteiger partial charge >= 0.3 is 0 Å². The van der Waals surface area contributed by atoms with Crippen LogP contribution in [0.15, 0.2) is 77.9 Å². The van der Waals surface area contributed by atoms with E-state index in [1.54, 1.807) is 30.6 Å². The van der Waals surface area contributed by atoms with Gasteiger partial charge in [0.25, 0.3) is 5.56 Å². The summed E-state index contributed by atoms with van der Waals surface area (Å²) < 4.78 is 0. The Kier molecular flexibility index (Phi) is 5.04. The number of aromatic amines is 1. The van der Waals surface area contributed by atoms with Crippen molar-refractivity contribution in [2.45, 2.75) is 12.8 Å². The Balaban J connectivity index is 1.86. The van der Waals surface area contributed by atoms with Crippen molar-refractivity contribution in [3.8, 4) is 11.1 Å². The zero-order chi connectivity index (χ0) is 19.5. The number of nitrogens with zero attached hydrogens (tertiary/aromatic N) is 1. The minimum atomic E-state index is -0.381. The van der Waals surface area contributed by atoms with Crippen LogP contribution in [-0.4, -0.2) is 15.8 Å². The van der Waals surface area contributed by atoms with Crippen LogP contribution in [0.5, 0.6) is 0 Å². The number of Topliss-reactive ketones (excluding diaryl/α,β-unsaturated/α-hetero) is 1. The maximum atomic E-state index is 13.1. The number of hydrogen-bond donors (Lipinski definition) is 1. The summed E-state index contributed by atoms with van der Waals surface area (Å²) in [7, 11) is 0. The molecule has 0 spiro atoms. The van der Waals surface area contributed by atoms with Crippen LogP contribution in [0.4, 0.5) is 0 Å². The molecule has 28 heavy (non-hydrogen) atoms. The topological polar surface area (TPSA) is 62.8 Å². The van der Waals surface area contributed by atoms with Crippen molar-refractivity contribution in [2.75, 3.05) is 0 Å². The van der Waals surface area contributed by atoms with Gasteiger partial charge in [-0.05, 0) is 47.9 Å². The van der Waals surface area contributed by atoms with Gasteiger partial charge < -0.3 is 4.98 Å². The predicted octanol–water partition coefficient (Wildman–Crippen LogP) is 5.06. The van der Waals surface area contributed by atoms with Gasteiger partial charge in [0.15, 0.2) is 5.78 Å². The first-order chi connectivity index (χ1) is 13.6. The monoisotopic (exact) mass is 388 g/mol. The van der Waals surface area contributed by atoms with Gasteiger partial charge in [-0.2, -0.15) is 0 Å². The number of aromatic nitrogens is 2. The van der Waals surface area contributed by atoms with Gasteiger partial charge in [-0.25, -0.2) is 0 Å². The molecule has 2 aromatic carbocycles. The number of benzene rings is 2. The van der Waals surface area contributed by atoms with E-state index in [4.69, 9.17) is 11.6 Å². The molecular formula is C23H17ClN2O2. The van der Waals surface area contributed by atoms with E-state index < -0.39 is 0 Å². The van der Waals surface area contributed by atoms with Gasteiger partial charge in [0.1, 0.15) is 0 Å². The van der Waals surface area contributed by atoms with Crippen molar-refractivity contribution in [3.63, 3.8) is 0 Å². The van der Waals surface area contributed by atoms with Crippen LogP contribution in [0.1, 0.15) is 22.3 Å². The van der Waals surface area contributed by atoms with Crippen molar-refractivity contribution in [1.82, 2.24) is 9.97 Å². The number of halogens is 1. The summed E-state index contributed by atoms with van der Waals surface area (Å²) in [5.41, 5.74) is 2.89. The van der Waals surface area contributed by atoms with Gasteiger partial charge in [-0.15, -0.1) is 0 Å². The maximum Gasteiger partial charge on any atom is 0.259 e. The molecule has 2 aromatic heterocycles. The summed E-state index contributed by atoms with van der Waals surface area (Å²) in [4.78, 5) is 32.8. The summed E-state index contributed by atoms with van der Waals surface area (Å²) >= 11 is 6.21. The number of fused-ring (bicyclic) bond motifs is 1. The van der Waals surface area contributed by atoms with Crippen molar-refractivity contribution in [2.24, 2.45) is 0 Å². The van der Waals surface area contributed by atoms with E-state index in [0.29, 0.717) is 22.5 Å². The van der Waals surface area contributed by atoms with Crippen LogP contribution in [0.2, 0.25) is 5.02 Å². The third kappa shape index (κ3) is 3.59. The minimum Gasteiger partial charge on any atom is -0.321 e. The molecule has 5 heteroatoms. The molecular weight excluding hydrogens is 372 g/mol. The van der Waals surface area contributed by atoms with Crippen LogP contribution >= 0.6 is 11.6 Å². The summed E-state index contributed by atoms with van der Waals surface area (Å²) in [6.45, 7) is 0. The molecule has 2 heterocycles. The highest BCUT2D eigenvalue weighted by Crippen LogP contribution is 2.31. The molecule has 0 saturated heterocycles. The molecule has 0 fully saturated rings. The third-order valence-corrected chi connectivity index (χ3v) is 4.94. The number of pyridine rings is 2. The lowest BCUT2D eigenvalue weighted by atomic mass is 9.92. The smallest absolute Gasteiger partial charge is 0.259 e. The molecule has 0 aliphatic rings. The number of nitrogens with one attached hydrogen (secondary N) is 1. The number of ketones is 1. The molecule has 0 radical (unpaired) electrons. The summed E-state index contributed by atoms with van der Waals surface area (Å²) in [6.07, 6.45) is 4.17. The predicted molar refractivity (Wildman–Crippen MR) is 112 cm³/mol. The number of hydrogen-bond acceptors (Lipinski definition) is 3. The fourth-order valence-electron chi connectivity index (χ4n) is 3.37. The molecule has 0 unspecified atom stereocenters. The molecule has 0 aliphatic carbocycles. The van der Waals surface area contributed by atoms with Crippen LogP contribution < -0.4 is 5.56 Å². The van der Waals surface area contributed by atoms with Crippen LogP contribution in [0.3, 0.4) is 0 Å². The number of aryl methyl sites for hydroxylation is 1. The number of rotatable bonds is 5. The molecule has 4 nitrogen and oxygen atoms in total. The fourth-order valence-corrected chi connectivity index (χ4v) is 3.54. The Morgan fingerprint density at radius 1 is 1.00 bits per heavy atom. The maximum absolute atomic E-state index is 13.1. The van der Waals surface area contributed by atoms with Crippen LogP contribution in [0, 0.1) is 0 Å². The minimum absolute atomic E-state index is 0.176. The summed E-state index contributed by atoms with van der Waals surface area (Å²) in [5.74, 6) is -0.196. The van der Waals surface area contributed by atoms with Gasteiger partial charge in [-0.1, -0.05) is 41.9 Å². The molecule has 1 N–H and O–H groups in total. The quantitative estimate of drug-likeness (QED) is 0.486. The highest BCUT2D eigenvalue weighted by molar-refractivity contribution is 6.31. The average molecular weight is 389 g/mol. The Morgan fingerprint density at radius 2 is 1.75 bits per heavy atom. The molecule has 0 amide bonds. The largest absolute Gasteiger partial charge is 0.321 e. The van der Waals surface area contributed by atoms with Crippen LogP contribution in [0.25, 0.3) is 22.0 Å². The normalized spacial score (nSPS) is 10.9. The second kappa shape index (κ2) is 7.79. The molecule has 4 rings (SSSR count). The van der Waals surface area contributed by atoms with Gasteiger partial charge in [0.05, 0.1) is 5.56 Å². The lowest BCUT2D eigenvalue weighted by molar-refractivity contribution is 0.0982. The van der Waals surface area contributed by atoms with E-state index in [1.807, 2.05) is 42.5 Å². The second-order valence-corrected chi connectivity index (χ2v) is 6.98. The summed E-state index contributed by atoms with van der Waals surface area (Å²) in [6, 6.07) is 18.5. The van der Waals surface area contributed by atoms with Gasteiger partial charge in [0.2, 0.25) is 0 Å². The summed E-state index contributed by atoms with van der Waals surface area (Å²) in [5, 5.41) is 1.30. The van der Waals surface area contributed by atoms with E-state index in [1.165, 1.54) is 0 Å². The molecule has 0 saturated carbocycles. The molecule has 0 bridgehead atoms. The first-order valence-corrected chi connectivity index (χ1v) is 9.34. The first kappa shape index (κ1) is 18.1. The van der Waals surface area contributed by atoms with Crippen molar-refractivity contribution in [3.05, 3.63) is 99.6 Å². The zero-order valence-corrected chi connectivity index (χ0v) is 15.7. The highest BCUT2D eigenvalue weighted by Gasteiger charge is 2.20. The van der Waals surface area contributed by atoms with Gasteiger partial charge in [-0.3, -0.25) is 14.6 Å². The van der Waals surface area contributed by atoms with Gasteiger partial charge in [0, 0.05) is 40.3 Å².